The molecular weight excluding hydrogens is 403 g/mol. The van der Waals surface area contributed by atoms with Crippen LogP contribution >= 0.6 is 0 Å². The fraction of sp³-hybridized carbons (Fsp3) is 0.174. The van der Waals surface area contributed by atoms with Gasteiger partial charge in [0.25, 0.3) is 15.9 Å². The van der Waals surface area contributed by atoms with Crippen molar-refractivity contribution >= 4 is 21.6 Å². The molecule has 156 valence electrons. The topological polar surface area (TPSA) is 75.3 Å². The molecule has 0 radical (unpaired) electrons. The number of carbonyl (C=O) groups is 1. The van der Waals surface area contributed by atoms with Crippen LogP contribution in [-0.2, 0) is 10.0 Å². The Labute approximate surface area is 176 Å². The van der Waals surface area contributed by atoms with Crippen LogP contribution in [0.5, 0.6) is 0 Å². The lowest BCUT2D eigenvalue weighted by atomic mass is 10.1. The maximum Gasteiger partial charge on any atom is 0.261 e. The molecule has 0 aliphatic carbocycles. The van der Waals surface area contributed by atoms with Crippen molar-refractivity contribution in [2.45, 2.75) is 31.7 Å². The van der Waals surface area contributed by atoms with Crippen LogP contribution in [0, 0.1) is 19.7 Å². The molecule has 3 aromatic rings. The summed E-state index contributed by atoms with van der Waals surface area (Å²) in [4.78, 5) is 12.8. The Balaban J connectivity index is 1.79. The monoisotopic (exact) mass is 426 g/mol. The molecule has 0 bridgehead atoms. The quantitative estimate of drug-likeness (QED) is 0.598. The second-order valence-electron chi connectivity index (χ2n) is 7.19. The van der Waals surface area contributed by atoms with Crippen molar-refractivity contribution in [3.63, 3.8) is 0 Å². The Hall–Kier alpha value is -3.19. The maximum atomic E-state index is 13.1. The minimum absolute atomic E-state index is 0.146. The number of aryl methyl sites for hydroxylation is 2. The molecule has 1 atom stereocenters. The van der Waals surface area contributed by atoms with Gasteiger partial charge in [-0.1, -0.05) is 35.9 Å². The average Bonchev–Trinajstić information content (AvgIpc) is 2.70. The molecule has 30 heavy (non-hydrogen) atoms. The van der Waals surface area contributed by atoms with Crippen molar-refractivity contribution in [3.05, 3.63) is 94.8 Å². The molecule has 1 unspecified atom stereocenters. The van der Waals surface area contributed by atoms with Gasteiger partial charge in [0.05, 0.1) is 16.6 Å². The number of hydrogen-bond acceptors (Lipinski definition) is 3. The average molecular weight is 427 g/mol. The molecule has 3 aromatic carbocycles. The number of amides is 1. The summed E-state index contributed by atoms with van der Waals surface area (Å²) in [5, 5.41) is 2.84. The fourth-order valence-corrected chi connectivity index (χ4v) is 4.03. The molecular formula is C23H23FN2O3S. The summed E-state index contributed by atoms with van der Waals surface area (Å²) < 4.78 is 41.0. The Morgan fingerprint density at radius 1 is 0.933 bits per heavy atom. The Kier molecular flexibility index (Phi) is 6.22. The molecule has 0 spiro atoms. The first-order valence-electron chi connectivity index (χ1n) is 9.42. The Morgan fingerprint density at radius 3 is 2.20 bits per heavy atom. The van der Waals surface area contributed by atoms with Crippen molar-refractivity contribution in [2.24, 2.45) is 0 Å². The summed E-state index contributed by atoms with van der Waals surface area (Å²) >= 11 is 0. The molecule has 2 N–H and O–H groups in total. The van der Waals surface area contributed by atoms with Crippen LogP contribution in [0.3, 0.4) is 0 Å². The first-order chi connectivity index (χ1) is 14.2. The molecule has 1 amide bonds. The molecule has 7 heteroatoms. The van der Waals surface area contributed by atoms with Crippen LogP contribution in [0.4, 0.5) is 10.1 Å². The molecule has 0 saturated carbocycles. The standard InChI is InChI=1S/C23H23FN2O3S/c1-15-4-12-21(13-5-15)30(28,29)26-22-14-19(7-6-16(22)2)23(27)25-17(3)18-8-10-20(24)11-9-18/h4-14,17,26H,1-3H3,(H,25,27). The molecule has 0 aliphatic heterocycles. The van der Waals surface area contributed by atoms with Crippen LogP contribution in [0.25, 0.3) is 0 Å². The van der Waals surface area contributed by atoms with Crippen molar-refractivity contribution in [1.29, 1.82) is 0 Å². The van der Waals surface area contributed by atoms with Gasteiger partial charge in [0.15, 0.2) is 0 Å². The highest BCUT2D eigenvalue weighted by atomic mass is 32.2. The molecule has 0 aromatic heterocycles. The van der Waals surface area contributed by atoms with Crippen LogP contribution in [0.1, 0.15) is 40.0 Å². The second-order valence-corrected chi connectivity index (χ2v) is 8.88. The lowest BCUT2D eigenvalue weighted by molar-refractivity contribution is 0.0940. The number of halogens is 1. The normalized spacial score (nSPS) is 12.3. The zero-order valence-corrected chi connectivity index (χ0v) is 17.8. The zero-order chi connectivity index (χ0) is 21.9. The van der Waals surface area contributed by atoms with Crippen LogP contribution in [-0.4, -0.2) is 14.3 Å². The van der Waals surface area contributed by atoms with E-state index in [0.717, 1.165) is 11.1 Å². The van der Waals surface area contributed by atoms with E-state index in [0.29, 0.717) is 16.8 Å². The van der Waals surface area contributed by atoms with E-state index >= 15 is 0 Å². The van der Waals surface area contributed by atoms with E-state index in [-0.39, 0.29) is 22.7 Å². The van der Waals surface area contributed by atoms with E-state index < -0.39 is 10.0 Å². The number of carbonyl (C=O) groups excluding carboxylic acids is 1. The number of benzene rings is 3. The van der Waals surface area contributed by atoms with Gasteiger partial charge in [-0.2, -0.15) is 0 Å². The second kappa shape index (κ2) is 8.67. The SMILES string of the molecule is Cc1ccc(S(=O)(=O)Nc2cc(C(=O)NC(C)c3ccc(F)cc3)ccc2C)cc1. The molecule has 5 nitrogen and oxygen atoms in total. The van der Waals surface area contributed by atoms with Gasteiger partial charge in [0.1, 0.15) is 5.82 Å². The summed E-state index contributed by atoms with van der Waals surface area (Å²) in [5.41, 5.74) is 3.05. The highest BCUT2D eigenvalue weighted by Crippen LogP contribution is 2.22. The van der Waals surface area contributed by atoms with E-state index in [2.05, 4.69) is 10.0 Å². The Bertz CT molecular complexity index is 1160. The maximum absolute atomic E-state index is 13.1. The molecule has 0 aliphatic rings. The van der Waals surface area contributed by atoms with E-state index in [1.54, 1.807) is 50.2 Å². The highest BCUT2D eigenvalue weighted by Gasteiger charge is 2.17. The number of anilines is 1. The third-order valence-electron chi connectivity index (χ3n) is 4.79. The highest BCUT2D eigenvalue weighted by molar-refractivity contribution is 7.92. The number of nitrogens with one attached hydrogen (secondary N) is 2. The van der Waals surface area contributed by atoms with Crippen molar-refractivity contribution in [3.8, 4) is 0 Å². The molecule has 0 heterocycles. The number of rotatable bonds is 6. The van der Waals surface area contributed by atoms with Crippen LogP contribution in [0.15, 0.2) is 71.6 Å². The lowest BCUT2D eigenvalue weighted by Gasteiger charge is -2.16. The van der Waals surface area contributed by atoms with Gasteiger partial charge in [0.2, 0.25) is 0 Å². The Morgan fingerprint density at radius 2 is 1.57 bits per heavy atom. The predicted octanol–water partition coefficient (Wildman–Crippen LogP) is 4.73. The van der Waals surface area contributed by atoms with Gasteiger partial charge in [-0.15, -0.1) is 0 Å². The van der Waals surface area contributed by atoms with Crippen LogP contribution in [0.2, 0.25) is 0 Å². The molecule has 0 saturated heterocycles. The van der Waals surface area contributed by atoms with Gasteiger partial charge in [0, 0.05) is 5.56 Å². The predicted molar refractivity (Wildman–Crippen MR) is 115 cm³/mol. The summed E-state index contributed by atoms with van der Waals surface area (Å²) in [5.74, 6) is -0.705. The first-order valence-corrected chi connectivity index (χ1v) is 10.9. The van der Waals surface area contributed by atoms with Gasteiger partial charge in [-0.3, -0.25) is 9.52 Å². The van der Waals surface area contributed by atoms with Crippen molar-refractivity contribution < 1.29 is 17.6 Å². The van der Waals surface area contributed by atoms with Crippen molar-refractivity contribution in [1.82, 2.24) is 5.32 Å². The third kappa shape index (κ3) is 5.04. The number of sulfonamides is 1. The van der Waals surface area contributed by atoms with Crippen LogP contribution < -0.4 is 10.0 Å². The largest absolute Gasteiger partial charge is 0.346 e. The lowest BCUT2D eigenvalue weighted by Crippen LogP contribution is -2.26. The minimum atomic E-state index is -3.78. The third-order valence-corrected chi connectivity index (χ3v) is 6.17. The summed E-state index contributed by atoms with van der Waals surface area (Å²) in [6.07, 6.45) is 0. The zero-order valence-electron chi connectivity index (χ0n) is 16.9. The van der Waals surface area contributed by atoms with E-state index in [1.165, 1.54) is 30.3 Å². The summed E-state index contributed by atoms with van der Waals surface area (Å²) in [7, 11) is -3.78. The number of hydrogen-bond donors (Lipinski definition) is 2. The van der Waals surface area contributed by atoms with E-state index in [1.807, 2.05) is 6.92 Å². The van der Waals surface area contributed by atoms with Gasteiger partial charge < -0.3 is 5.32 Å². The smallest absolute Gasteiger partial charge is 0.261 e. The van der Waals surface area contributed by atoms with E-state index in [4.69, 9.17) is 0 Å². The first kappa shape index (κ1) is 21.5. The van der Waals surface area contributed by atoms with E-state index in [9.17, 15) is 17.6 Å². The van der Waals surface area contributed by atoms with Gasteiger partial charge >= 0.3 is 0 Å². The van der Waals surface area contributed by atoms with Gasteiger partial charge in [-0.25, -0.2) is 12.8 Å². The minimum Gasteiger partial charge on any atom is -0.346 e. The molecule has 0 fully saturated rings. The molecule has 3 rings (SSSR count). The van der Waals surface area contributed by atoms with Gasteiger partial charge in [-0.05, 0) is 68.3 Å². The summed E-state index contributed by atoms with van der Waals surface area (Å²) in [6.45, 7) is 5.43. The fourth-order valence-electron chi connectivity index (χ4n) is 2.91. The summed E-state index contributed by atoms with van der Waals surface area (Å²) in [6, 6.07) is 16.9. The van der Waals surface area contributed by atoms with Crippen molar-refractivity contribution in [2.75, 3.05) is 4.72 Å².